The second kappa shape index (κ2) is 6.65. The molecular weight excluding hydrogens is 364 g/mol. The second-order valence-corrected chi connectivity index (χ2v) is 7.04. The normalized spacial score (nSPS) is 17.1. The molecule has 1 unspecified atom stereocenters. The van der Waals surface area contributed by atoms with E-state index in [1.165, 1.54) is 11.8 Å². The van der Waals surface area contributed by atoms with E-state index >= 15 is 0 Å². The molecule has 0 spiro atoms. The Hall–Kier alpha value is -0.980. The molecule has 0 radical (unpaired) electrons. The topological polar surface area (TPSA) is 58.2 Å². The first-order valence-electron chi connectivity index (χ1n) is 5.83. The van der Waals surface area contributed by atoms with Gasteiger partial charge in [-0.05, 0) is 18.2 Å². The van der Waals surface area contributed by atoms with Crippen LogP contribution in [0, 0.1) is 0 Å². The van der Waals surface area contributed by atoms with E-state index in [9.17, 15) is 9.59 Å². The van der Waals surface area contributed by atoms with Crippen molar-refractivity contribution in [3.63, 3.8) is 0 Å². The van der Waals surface area contributed by atoms with Crippen LogP contribution in [-0.2, 0) is 9.59 Å². The Morgan fingerprint density at radius 3 is 3.00 bits per heavy atom. The van der Waals surface area contributed by atoms with Gasteiger partial charge in [-0.3, -0.25) is 9.59 Å². The quantitative estimate of drug-likeness (QED) is 0.850. The number of amides is 2. The standard InChI is InChI=1S/C13H12BrClN2O2S/c1-7(14)6-16-12(18)5-11-13(19)17-9-4-8(15)2-3-10(9)20-11/h2-4,11H,1,5-6H2,(H,16,18)(H,17,19). The number of carbonyl (C=O) groups excluding carboxylic acids is 2. The molecule has 0 saturated carbocycles. The summed E-state index contributed by atoms with van der Waals surface area (Å²) in [5, 5.41) is 5.58. The average molecular weight is 376 g/mol. The van der Waals surface area contributed by atoms with Gasteiger partial charge in [-0.1, -0.05) is 34.1 Å². The van der Waals surface area contributed by atoms with Gasteiger partial charge in [-0.25, -0.2) is 0 Å². The van der Waals surface area contributed by atoms with Crippen LogP contribution >= 0.6 is 39.3 Å². The monoisotopic (exact) mass is 374 g/mol. The summed E-state index contributed by atoms with van der Waals surface area (Å²) in [5.41, 5.74) is 0.693. The lowest BCUT2D eigenvalue weighted by Gasteiger charge is -2.23. The van der Waals surface area contributed by atoms with Gasteiger partial charge in [0.25, 0.3) is 0 Å². The molecule has 7 heteroatoms. The van der Waals surface area contributed by atoms with Crippen LogP contribution < -0.4 is 10.6 Å². The van der Waals surface area contributed by atoms with Crippen LogP contribution in [0.5, 0.6) is 0 Å². The van der Waals surface area contributed by atoms with E-state index in [4.69, 9.17) is 11.6 Å². The third-order valence-corrected chi connectivity index (χ3v) is 4.40. The van der Waals surface area contributed by atoms with Crippen LogP contribution in [0.3, 0.4) is 0 Å². The molecule has 1 aliphatic rings. The number of nitrogens with one attached hydrogen (secondary N) is 2. The molecular formula is C13H12BrClN2O2S. The number of carbonyl (C=O) groups is 2. The molecule has 4 nitrogen and oxygen atoms in total. The van der Waals surface area contributed by atoms with Crippen molar-refractivity contribution in [2.45, 2.75) is 16.6 Å². The highest BCUT2D eigenvalue weighted by Gasteiger charge is 2.28. The molecule has 20 heavy (non-hydrogen) atoms. The maximum absolute atomic E-state index is 12.0. The van der Waals surface area contributed by atoms with E-state index in [-0.39, 0.29) is 18.2 Å². The lowest BCUT2D eigenvalue weighted by Crippen LogP contribution is -2.35. The van der Waals surface area contributed by atoms with Crippen LogP contribution in [-0.4, -0.2) is 23.6 Å². The zero-order valence-electron chi connectivity index (χ0n) is 10.4. The van der Waals surface area contributed by atoms with Crippen molar-refractivity contribution in [2.75, 3.05) is 11.9 Å². The first kappa shape index (κ1) is 15.4. The maximum atomic E-state index is 12.0. The van der Waals surface area contributed by atoms with Crippen LogP contribution in [0.1, 0.15) is 6.42 Å². The average Bonchev–Trinajstić information content (AvgIpc) is 2.37. The Morgan fingerprint density at radius 1 is 1.55 bits per heavy atom. The third-order valence-electron chi connectivity index (χ3n) is 2.61. The molecule has 0 aliphatic carbocycles. The molecule has 0 aromatic heterocycles. The smallest absolute Gasteiger partial charge is 0.238 e. The van der Waals surface area contributed by atoms with Crippen molar-refractivity contribution >= 4 is 56.8 Å². The summed E-state index contributed by atoms with van der Waals surface area (Å²) in [6.45, 7) is 3.98. The van der Waals surface area contributed by atoms with E-state index in [0.29, 0.717) is 21.7 Å². The highest BCUT2D eigenvalue weighted by Crippen LogP contribution is 2.38. The Balaban J connectivity index is 2.01. The fourth-order valence-electron chi connectivity index (χ4n) is 1.69. The van der Waals surface area contributed by atoms with Gasteiger partial charge in [0.2, 0.25) is 11.8 Å². The maximum Gasteiger partial charge on any atom is 0.238 e. The number of halogens is 2. The second-order valence-electron chi connectivity index (χ2n) is 4.23. The molecule has 2 N–H and O–H groups in total. The summed E-state index contributed by atoms with van der Waals surface area (Å²) in [6, 6.07) is 5.30. The molecule has 1 aromatic carbocycles. The van der Waals surface area contributed by atoms with Gasteiger partial charge >= 0.3 is 0 Å². The minimum Gasteiger partial charge on any atom is -0.351 e. The molecule has 0 fully saturated rings. The molecule has 1 aromatic rings. The predicted octanol–water partition coefficient (Wildman–Crippen LogP) is 3.17. The SMILES string of the molecule is C=C(Br)CNC(=O)CC1Sc2ccc(Cl)cc2NC1=O. The van der Waals surface area contributed by atoms with Crippen molar-refractivity contribution < 1.29 is 9.59 Å². The van der Waals surface area contributed by atoms with Gasteiger partial charge < -0.3 is 10.6 Å². The molecule has 0 saturated heterocycles. The summed E-state index contributed by atoms with van der Waals surface area (Å²) < 4.78 is 0.687. The van der Waals surface area contributed by atoms with E-state index in [2.05, 4.69) is 33.1 Å². The van der Waals surface area contributed by atoms with Crippen molar-refractivity contribution in [1.29, 1.82) is 0 Å². The van der Waals surface area contributed by atoms with Gasteiger partial charge in [0.15, 0.2) is 0 Å². The Kier molecular flexibility index (Phi) is 5.12. The number of anilines is 1. The van der Waals surface area contributed by atoms with E-state index < -0.39 is 5.25 Å². The summed E-state index contributed by atoms with van der Waals surface area (Å²) in [4.78, 5) is 24.6. The minimum atomic E-state index is -0.438. The van der Waals surface area contributed by atoms with Gasteiger partial charge in [-0.15, -0.1) is 11.8 Å². The first-order chi connectivity index (χ1) is 9.45. The molecule has 106 valence electrons. The number of hydrogen-bond donors (Lipinski definition) is 2. The predicted molar refractivity (Wildman–Crippen MR) is 85.4 cm³/mol. The number of hydrogen-bond acceptors (Lipinski definition) is 3. The first-order valence-corrected chi connectivity index (χ1v) is 7.88. The minimum absolute atomic E-state index is 0.124. The van der Waals surface area contributed by atoms with Crippen LogP contribution in [0.4, 0.5) is 5.69 Å². The Morgan fingerprint density at radius 2 is 2.30 bits per heavy atom. The Labute approximate surface area is 134 Å². The largest absolute Gasteiger partial charge is 0.351 e. The fraction of sp³-hybridized carbons (Fsp3) is 0.231. The zero-order chi connectivity index (χ0) is 14.7. The molecule has 1 heterocycles. The molecule has 1 atom stereocenters. The van der Waals surface area contributed by atoms with E-state index in [0.717, 1.165) is 4.90 Å². The number of fused-ring (bicyclic) bond motifs is 1. The number of rotatable bonds is 4. The third kappa shape index (κ3) is 4.01. The number of thioether (sulfide) groups is 1. The lowest BCUT2D eigenvalue weighted by atomic mass is 10.2. The van der Waals surface area contributed by atoms with Crippen LogP contribution in [0.2, 0.25) is 5.02 Å². The van der Waals surface area contributed by atoms with Crippen LogP contribution in [0.25, 0.3) is 0 Å². The van der Waals surface area contributed by atoms with Gasteiger partial charge in [-0.2, -0.15) is 0 Å². The van der Waals surface area contributed by atoms with Gasteiger partial charge in [0, 0.05) is 27.4 Å². The van der Waals surface area contributed by atoms with Gasteiger partial charge in [0.05, 0.1) is 10.9 Å². The number of benzene rings is 1. The highest BCUT2D eigenvalue weighted by atomic mass is 79.9. The van der Waals surface area contributed by atoms with Crippen molar-refractivity contribution in [3.05, 3.63) is 34.3 Å². The zero-order valence-corrected chi connectivity index (χ0v) is 13.6. The highest BCUT2D eigenvalue weighted by molar-refractivity contribution is 9.11. The summed E-state index contributed by atoms with van der Waals surface area (Å²) >= 11 is 10.4. The molecule has 0 bridgehead atoms. The molecule has 2 rings (SSSR count). The lowest BCUT2D eigenvalue weighted by molar-refractivity contribution is -0.123. The fourth-order valence-corrected chi connectivity index (χ4v) is 3.10. The summed E-state index contributed by atoms with van der Waals surface area (Å²) in [5.74, 6) is -0.367. The van der Waals surface area contributed by atoms with E-state index in [1.807, 2.05) is 6.07 Å². The molecule has 2 amide bonds. The summed E-state index contributed by atoms with van der Waals surface area (Å²) in [7, 11) is 0. The molecule has 1 aliphatic heterocycles. The van der Waals surface area contributed by atoms with Crippen molar-refractivity contribution in [2.24, 2.45) is 0 Å². The van der Waals surface area contributed by atoms with E-state index in [1.54, 1.807) is 12.1 Å². The van der Waals surface area contributed by atoms with Crippen molar-refractivity contribution in [1.82, 2.24) is 5.32 Å². The Bertz CT molecular complexity index is 579. The van der Waals surface area contributed by atoms with Gasteiger partial charge in [0.1, 0.15) is 0 Å². The van der Waals surface area contributed by atoms with Crippen molar-refractivity contribution in [3.8, 4) is 0 Å². The van der Waals surface area contributed by atoms with Crippen LogP contribution in [0.15, 0.2) is 34.2 Å². The summed E-state index contributed by atoms with van der Waals surface area (Å²) in [6.07, 6.45) is 0.124.